The molecule has 0 unspecified atom stereocenters. The SMILES string of the molecule is CC1=C(/C=C/C(C)=C/C=C/C(C)=C/C(=O)Nc2ccc(CCC(=O)C(=O)O)cc2)C(C)(C)CCC1. The van der Waals surface area contributed by atoms with Gasteiger partial charge in [-0.2, -0.15) is 0 Å². The average molecular weight is 476 g/mol. The highest BCUT2D eigenvalue weighted by Gasteiger charge is 2.26. The molecule has 0 aliphatic heterocycles. The van der Waals surface area contributed by atoms with E-state index in [-0.39, 0.29) is 17.7 Å². The number of carbonyl (C=O) groups is 3. The van der Waals surface area contributed by atoms with Crippen molar-refractivity contribution in [1.82, 2.24) is 0 Å². The highest BCUT2D eigenvalue weighted by Crippen LogP contribution is 2.40. The van der Waals surface area contributed by atoms with Gasteiger partial charge in [0.15, 0.2) is 0 Å². The molecule has 0 saturated carbocycles. The van der Waals surface area contributed by atoms with Crippen LogP contribution in [0.15, 0.2) is 83.0 Å². The van der Waals surface area contributed by atoms with E-state index in [9.17, 15) is 14.4 Å². The largest absolute Gasteiger partial charge is 0.476 e. The standard InChI is InChI=1S/C30H37NO4/c1-21(11-17-26-23(3)10-7-19-30(26,4)5)8-6-9-22(2)20-28(33)31-25-15-12-24(13-16-25)14-18-27(32)29(34)35/h6,8-9,11-13,15-17,20H,7,10,14,18-19H2,1-5H3,(H,31,33)(H,34,35)/b9-6+,17-11+,21-8+,22-20+. The van der Waals surface area contributed by atoms with Gasteiger partial charge in [0.25, 0.3) is 0 Å². The minimum Gasteiger partial charge on any atom is -0.476 e. The fraction of sp³-hybridized carbons (Fsp3) is 0.367. The van der Waals surface area contributed by atoms with Gasteiger partial charge in [-0.15, -0.1) is 0 Å². The molecule has 0 bridgehead atoms. The smallest absolute Gasteiger partial charge is 0.372 e. The van der Waals surface area contributed by atoms with Crippen LogP contribution in [0.25, 0.3) is 0 Å². The number of carboxylic acid groups (broad SMARTS) is 1. The monoisotopic (exact) mass is 475 g/mol. The van der Waals surface area contributed by atoms with E-state index in [2.05, 4.69) is 45.2 Å². The lowest BCUT2D eigenvalue weighted by Crippen LogP contribution is -2.19. The highest BCUT2D eigenvalue weighted by atomic mass is 16.4. The summed E-state index contributed by atoms with van der Waals surface area (Å²) < 4.78 is 0. The van der Waals surface area contributed by atoms with Crippen LogP contribution in [0.1, 0.15) is 65.9 Å². The van der Waals surface area contributed by atoms with Crippen molar-refractivity contribution in [2.24, 2.45) is 5.41 Å². The Morgan fingerprint density at radius 3 is 2.37 bits per heavy atom. The fourth-order valence-electron chi connectivity index (χ4n) is 4.19. The number of hydrogen-bond acceptors (Lipinski definition) is 3. The number of nitrogens with one attached hydrogen (secondary N) is 1. The number of Topliss-reactive ketones (excluding diaryl/α,β-unsaturated/α-hetero) is 1. The number of ketones is 1. The molecule has 2 rings (SSSR count). The number of carbonyl (C=O) groups excluding carboxylic acids is 2. The zero-order valence-corrected chi connectivity index (χ0v) is 21.5. The minimum absolute atomic E-state index is 0.0471. The third kappa shape index (κ3) is 9.36. The molecule has 35 heavy (non-hydrogen) atoms. The molecule has 1 aliphatic rings. The molecule has 1 amide bonds. The van der Waals surface area contributed by atoms with Gasteiger partial charge >= 0.3 is 5.97 Å². The average Bonchev–Trinajstić information content (AvgIpc) is 2.77. The van der Waals surface area contributed by atoms with Gasteiger partial charge in [0.1, 0.15) is 0 Å². The maximum atomic E-state index is 12.3. The molecule has 1 aliphatic carbocycles. The van der Waals surface area contributed by atoms with E-state index >= 15 is 0 Å². The van der Waals surface area contributed by atoms with Crippen molar-refractivity contribution >= 4 is 23.3 Å². The molecule has 5 heteroatoms. The molecular weight excluding hydrogens is 438 g/mol. The topological polar surface area (TPSA) is 83.5 Å². The van der Waals surface area contributed by atoms with E-state index in [0.29, 0.717) is 12.1 Å². The number of hydrogen-bond donors (Lipinski definition) is 2. The Kier molecular flexibility index (Phi) is 10.2. The second kappa shape index (κ2) is 12.8. The summed E-state index contributed by atoms with van der Waals surface area (Å²) in [4.78, 5) is 34.1. The maximum absolute atomic E-state index is 12.3. The van der Waals surface area contributed by atoms with Crippen LogP contribution < -0.4 is 5.32 Å². The third-order valence-electron chi connectivity index (χ3n) is 6.23. The van der Waals surface area contributed by atoms with Crippen LogP contribution in [0, 0.1) is 5.41 Å². The molecule has 2 N–H and O–H groups in total. The van der Waals surface area contributed by atoms with Gasteiger partial charge in [-0.1, -0.05) is 67.5 Å². The van der Waals surface area contributed by atoms with Crippen molar-refractivity contribution < 1.29 is 19.5 Å². The first-order valence-electron chi connectivity index (χ1n) is 12.1. The van der Waals surface area contributed by atoms with E-state index in [1.165, 1.54) is 36.5 Å². The summed E-state index contributed by atoms with van der Waals surface area (Å²) in [6.07, 6.45) is 15.8. The van der Waals surface area contributed by atoms with E-state index in [0.717, 1.165) is 16.7 Å². The summed E-state index contributed by atoms with van der Waals surface area (Å²) in [6.45, 7) is 10.8. The van der Waals surface area contributed by atoms with Crippen LogP contribution in [0.4, 0.5) is 5.69 Å². The van der Waals surface area contributed by atoms with Gasteiger partial charge in [-0.05, 0) is 80.7 Å². The summed E-state index contributed by atoms with van der Waals surface area (Å²) in [6, 6.07) is 7.02. The molecular formula is C30H37NO4. The molecule has 186 valence electrons. The number of aryl methyl sites for hydroxylation is 1. The summed E-state index contributed by atoms with van der Waals surface area (Å²) in [5.41, 5.74) is 6.58. The number of aliphatic carboxylic acids is 1. The Balaban J connectivity index is 1.90. The Labute approximate surface area is 209 Å². The van der Waals surface area contributed by atoms with Crippen LogP contribution in [0.2, 0.25) is 0 Å². The van der Waals surface area contributed by atoms with Gasteiger partial charge < -0.3 is 10.4 Å². The van der Waals surface area contributed by atoms with Gasteiger partial charge in [-0.3, -0.25) is 9.59 Å². The van der Waals surface area contributed by atoms with Crippen LogP contribution >= 0.6 is 0 Å². The van der Waals surface area contributed by atoms with Crippen LogP contribution in [0.5, 0.6) is 0 Å². The predicted molar refractivity (Wildman–Crippen MR) is 142 cm³/mol. The summed E-state index contributed by atoms with van der Waals surface area (Å²) in [7, 11) is 0. The fourth-order valence-corrected chi connectivity index (χ4v) is 4.19. The van der Waals surface area contributed by atoms with Gasteiger partial charge in [0.05, 0.1) is 0 Å². The normalized spacial score (nSPS) is 16.7. The lowest BCUT2D eigenvalue weighted by molar-refractivity contribution is -0.149. The van der Waals surface area contributed by atoms with Crippen LogP contribution in [-0.2, 0) is 20.8 Å². The van der Waals surface area contributed by atoms with Crippen molar-refractivity contribution in [3.8, 4) is 0 Å². The molecule has 0 aromatic heterocycles. The van der Waals surface area contributed by atoms with Crippen molar-refractivity contribution in [3.05, 3.63) is 88.6 Å². The first-order valence-corrected chi connectivity index (χ1v) is 12.1. The van der Waals surface area contributed by atoms with E-state index < -0.39 is 11.8 Å². The lowest BCUT2D eigenvalue weighted by Gasteiger charge is -2.32. The number of anilines is 1. The molecule has 0 fully saturated rings. The van der Waals surface area contributed by atoms with Crippen molar-refractivity contribution in [2.75, 3.05) is 5.32 Å². The third-order valence-corrected chi connectivity index (χ3v) is 6.23. The number of benzene rings is 1. The number of rotatable bonds is 10. The van der Waals surface area contributed by atoms with E-state index in [4.69, 9.17) is 5.11 Å². The quantitative estimate of drug-likeness (QED) is 0.223. The summed E-state index contributed by atoms with van der Waals surface area (Å²) >= 11 is 0. The second-order valence-electron chi connectivity index (χ2n) is 9.84. The molecule has 0 radical (unpaired) electrons. The van der Waals surface area contributed by atoms with Crippen molar-refractivity contribution in [3.63, 3.8) is 0 Å². The Morgan fingerprint density at radius 1 is 1.06 bits per heavy atom. The molecule has 0 saturated heterocycles. The summed E-state index contributed by atoms with van der Waals surface area (Å²) in [5.74, 6) is -2.45. The summed E-state index contributed by atoms with van der Waals surface area (Å²) in [5, 5.41) is 11.4. The van der Waals surface area contributed by atoms with Crippen LogP contribution in [-0.4, -0.2) is 22.8 Å². The maximum Gasteiger partial charge on any atom is 0.372 e. The molecule has 0 spiro atoms. The zero-order chi connectivity index (χ0) is 26.0. The molecule has 5 nitrogen and oxygen atoms in total. The minimum atomic E-state index is -1.41. The Morgan fingerprint density at radius 2 is 1.74 bits per heavy atom. The molecule has 1 aromatic carbocycles. The molecule has 1 aromatic rings. The van der Waals surface area contributed by atoms with Gasteiger partial charge in [0.2, 0.25) is 11.7 Å². The molecule has 0 heterocycles. The predicted octanol–water partition coefficient (Wildman–Crippen LogP) is 6.74. The zero-order valence-electron chi connectivity index (χ0n) is 21.5. The lowest BCUT2D eigenvalue weighted by atomic mass is 9.72. The van der Waals surface area contributed by atoms with E-state index in [1.54, 1.807) is 24.3 Å². The number of allylic oxidation sites excluding steroid dienone is 9. The number of amides is 1. The van der Waals surface area contributed by atoms with Gasteiger partial charge in [0, 0.05) is 18.2 Å². The number of carboxylic acids is 1. The first-order chi connectivity index (χ1) is 16.5. The van der Waals surface area contributed by atoms with Gasteiger partial charge in [-0.25, -0.2) is 4.79 Å². The Bertz CT molecular complexity index is 1100. The molecule has 0 atom stereocenters. The first kappa shape index (κ1) is 27.8. The van der Waals surface area contributed by atoms with E-state index in [1.807, 2.05) is 25.2 Å². The van der Waals surface area contributed by atoms with Crippen molar-refractivity contribution in [1.29, 1.82) is 0 Å². The Hall–Kier alpha value is -3.47. The highest BCUT2D eigenvalue weighted by molar-refractivity contribution is 6.32. The van der Waals surface area contributed by atoms with Crippen LogP contribution in [0.3, 0.4) is 0 Å². The second-order valence-corrected chi connectivity index (χ2v) is 9.84. The van der Waals surface area contributed by atoms with Crippen molar-refractivity contribution in [2.45, 2.75) is 66.7 Å².